The Morgan fingerprint density at radius 1 is 1.48 bits per heavy atom. The second kappa shape index (κ2) is 5.15. The first-order valence-corrected chi connectivity index (χ1v) is 7.43. The van der Waals surface area contributed by atoms with Crippen LogP contribution in [0.3, 0.4) is 0 Å². The van der Waals surface area contributed by atoms with Crippen molar-refractivity contribution in [1.82, 2.24) is 14.9 Å². The summed E-state index contributed by atoms with van der Waals surface area (Å²) in [6.45, 7) is 2.00. The molecule has 1 aliphatic carbocycles. The molecule has 0 bridgehead atoms. The predicted molar refractivity (Wildman–Crippen MR) is 81.4 cm³/mol. The molecule has 0 amide bonds. The second-order valence-corrected chi connectivity index (χ2v) is 5.91. The molecular weight excluding hydrogens is 266 g/mol. The molecule has 112 valence electrons. The summed E-state index contributed by atoms with van der Waals surface area (Å²) in [5.74, 6) is 0.204. The number of carbonyl (C=O) groups is 1. The van der Waals surface area contributed by atoms with Crippen LogP contribution in [0.5, 0.6) is 0 Å². The van der Waals surface area contributed by atoms with Crippen molar-refractivity contribution in [3.63, 3.8) is 0 Å². The van der Waals surface area contributed by atoms with Gasteiger partial charge in [-0.05, 0) is 51.8 Å². The first-order chi connectivity index (χ1) is 10.1. The van der Waals surface area contributed by atoms with Crippen molar-refractivity contribution < 1.29 is 9.90 Å². The standard InChI is InChI=1S/C16H21N3O2/c1-11-18-13-7-3-4-8-14(13)19(11)12-6-5-9-16(10-12,17-2)15(20)21/h3-4,7-8,12,17H,5-6,9-10H2,1-2H3,(H,20,21). The summed E-state index contributed by atoms with van der Waals surface area (Å²) in [5.41, 5.74) is 1.25. The summed E-state index contributed by atoms with van der Waals surface area (Å²) in [6.07, 6.45) is 3.18. The van der Waals surface area contributed by atoms with E-state index in [2.05, 4.69) is 20.9 Å². The number of benzene rings is 1. The fourth-order valence-electron chi connectivity index (χ4n) is 3.62. The number of para-hydroxylation sites is 2. The number of aliphatic carboxylic acids is 1. The third kappa shape index (κ3) is 2.21. The second-order valence-electron chi connectivity index (χ2n) is 5.91. The smallest absolute Gasteiger partial charge is 0.323 e. The number of nitrogens with zero attached hydrogens (tertiary/aromatic N) is 2. The first-order valence-electron chi connectivity index (χ1n) is 7.43. The van der Waals surface area contributed by atoms with Crippen molar-refractivity contribution in [1.29, 1.82) is 0 Å². The molecule has 1 aliphatic rings. The molecule has 1 saturated carbocycles. The quantitative estimate of drug-likeness (QED) is 0.910. The van der Waals surface area contributed by atoms with E-state index in [1.165, 1.54) is 0 Å². The normalized spacial score (nSPS) is 26.1. The van der Waals surface area contributed by atoms with Crippen LogP contribution in [0.25, 0.3) is 11.0 Å². The fraction of sp³-hybridized carbons (Fsp3) is 0.500. The van der Waals surface area contributed by atoms with Crippen molar-refractivity contribution in [2.75, 3.05) is 7.05 Å². The van der Waals surface area contributed by atoms with Crippen LogP contribution >= 0.6 is 0 Å². The Morgan fingerprint density at radius 3 is 2.95 bits per heavy atom. The van der Waals surface area contributed by atoms with E-state index in [9.17, 15) is 9.90 Å². The van der Waals surface area contributed by atoms with Gasteiger partial charge in [0.25, 0.3) is 0 Å². The summed E-state index contributed by atoms with van der Waals surface area (Å²) < 4.78 is 2.21. The van der Waals surface area contributed by atoms with Gasteiger partial charge in [0.2, 0.25) is 0 Å². The molecule has 1 fully saturated rings. The van der Waals surface area contributed by atoms with Gasteiger partial charge in [0.05, 0.1) is 11.0 Å². The van der Waals surface area contributed by atoms with Crippen molar-refractivity contribution in [2.45, 2.75) is 44.2 Å². The van der Waals surface area contributed by atoms with Crippen molar-refractivity contribution in [3.8, 4) is 0 Å². The van der Waals surface area contributed by atoms with E-state index in [-0.39, 0.29) is 6.04 Å². The number of imidazole rings is 1. The summed E-state index contributed by atoms with van der Waals surface area (Å²) in [6, 6.07) is 8.23. The van der Waals surface area contributed by atoms with Crippen molar-refractivity contribution >= 4 is 17.0 Å². The Hall–Kier alpha value is -1.88. The molecule has 5 nitrogen and oxygen atoms in total. The van der Waals surface area contributed by atoms with Crippen LogP contribution in [-0.2, 0) is 4.79 Å². The number of aromatic nitrogens is 2. The third-order valence-electron chi connectivity index (χ3n) is 4.75. The number of nitrogens with one attached hydrogen (secondary N) is 1. The van der Waals surface area contributed by atoms with Gasteiger partial charge in [0.1, 0.15) is 11.4 Å². The SMILES string of the molecule is CNC1(C(=O)O)CCCC(n2c(C)nc3ccccc32)C1. The summed E-state index contributed by atoms with van der Waals surface area (Å²) in [7, 11) is 1.75. The Labute approximate surface area is 124 Å². The van der Waals surface area contributed by atoms with E-state index in [1.54, 1.807) is 7.05 Å². The lowest BCUT2D eigenvalue weighted by Crippen LogP contribution is -2.53. The van der Waals surface area contributed by atoms with Gasteiger partial charge < -0.3 is 15.0 Å². The van der Waals surface area contributed by atoms with E-state index in [0.717, 1.165) is 29.7 Å². The topological polar surface area (TPSA) is 67.2 Å². The summed E-state index contributed by atoms with van der Waals surface area (Å²) in [5, 5.41) is 12.6. The van der Waals surface area contributed by atoms with Crippen LogP contribution in [0.2, 0.25) is 0 Å². The molecule has 1 aromatic carbocycles. The zero-order chi connectivity index (χ0) is 15.0. The Balaban J connectivity index is 2.03. The monoisotopic (exact) mass is 287 g/mol. The Bertz CT molecular complexity index is 679. The van der Waals surface area contributed by atoms with Crippen LogP contribution in [0.15, 0.2) is 24.3 Å². The molecule has 0 radical (unpaired) electrons. The maximum Gasteiger partial charge on any atom is 0.323 e. The minimum absolute atomic E-state index is 0.176. The van der Waals surface area contributed by atoms with Gasteiger partial charge in [-0.3, -0.25) is 4.79 Å². The molecule has 5 heteroatoms. The molecule has 0 saturated heterocycles. The summed E-state index contributed by atoms with van der Waals surface area (Å²) in [4.78, 5) is 16.3. The van der Waals surface area contributed by atoms with Gasteiger partial charge in [-0.2, -0.15) is 0 Å². The largest absolute Gasteiger partial charge is 0.480 e. The third-order valence-corrected chi connectivity index (χ3v) is 4.75. The zero-order valence-corrected chi connectivity index (χ0v) is 12.5. The minimum atomic E-state index is -0.819. The number of hydrogen-bond donors (Lipinski definition) is 2. The summed E-state index contributed by atoms with van der Waals surface area (Å²) >= 11 is 0. The molecule has 0 spiro atoms. The van der Waals surface area contributed by atoms with Gasteiger partial charge >= 0.3 is 5.97 Å². The minimum Gasteiger partial charge on any atom is -0.480 e. The number of carboxylic acids is 1. The van der Waals surface area contributed by atoms with Crippen LogP contribution < -0.4 is 5.32 Å². The molecule has 2 unspecified atom stereocenters. The molecular formula is C16H21N3O2. The highest BCUT2D eigenvalue weighted by Crippen LogP contribution is 2.37. The lowest BCUT2D eigenvalue weighted by Gasteiger charge is -2.38. The highest BCUT2D eigenvalue weighted by Gasteiger charge is 2.42. The van der Waals surface area contributed by atoms with Crippen LogP contribution in [0.1, 0.15) is 37.5 Å². The number of likely N-dealkylation sites (N-methyl/N-ethyl adjacent to an activating group) is 1. The maximum atomic E-state index is 11.7. The highest BCUT2D eigenvalue weighted by atomic mass is 16.4. The molecule has 2 aromatic rings. The molecule has 0 aliphatic heterocycles. The van der Waals surface area contributed by atoms with Gasteiger partial charge in [0.15, 0.2) is 0 Å². The van der Waals surface area contributed by atoms with E-state index in [1.807, 2.05) is 25.1 Å². The Kier molecular flexibility index (Phi) is 3.45. The number of carboxylic acid groups (broad SMARTS) is 1. The van der Waals surface area contributed by atoms with E-state index in [4.69, 9.17) is 0 Å². The van der Waals surface area contributed by atoms with Crippen LogP contribution in [0, 0.1) is 6.92 Å². The van der Waals surface area contributed by atoms with Crippen LogP contribution in [0.4, 0.5) is 0 Å². The van der Waals surface area contributed by atoms with Gasteiger partial charge in [-0.15, -0.1) is 0 Å². The van der Waals surface area contributed by atoms with Crippen molar-refractivity contribution in [2.24, 2.45) is 0 Å². The average molecular weight is 287 g/mol. The maximum absolute atomic E-state index is 11.7. The van der Waals surface area contributed by atoms with E-state index < -0.39 is 11.5 Å². The molecule has 2 atom stereocenters. The predicted octanol–water partition coefficient (Wildman–Crippen LogP) is 2.50. The lowest BCUT2D eigenvalue weighted by atomic mass is 9.79. The Morgan fingerprint density at radius 2 is 2.24 bits per heavy atom. The van der Waals surface area contributed by atoms with Gasteiger partial charge in [0, 0.05) is 6.04 Å². The van der Waals surface area contributed by atoms with Gasteiger partial charge in [-0.1, -0.05) is 12.1 Å². The zero-order valence-electron chi connectivity index (χ0n) is 12.5. The van der Waals surface area contributed by atoms with E-state index in [0.29, 0.717) is 12.8 Å². The molecule has 21 heavy (non-hydrogen) atoms. The van der Waals surface area contributed by atoms with E-state index >= 15 is 0 Å². The lowest BCUT2D eigenvalue weighted by molar-refractivity contribution is -0.146. The van der Waals surface area contributed by atoms with Crippen molar-refractivity contribution in [3.05, 3.63) is 30.1 Å². The molecule has 3 rings (SSSR count). The fourth-order valence-corrected chi connectivity index (χ4v) is 3.62. The number of hydrogen-bond acceptors (Lipinski definition) is 3. The molecule has 1 aromatic heterocycles. The number of aryl methyl sites for hydroxylation is 1. The molecule has 2 N–H and O–H groups in total. The average Bonchev–Trinajstić information content (AvgIpc) is 2.82. The highest BCUT2D eigenvalue weighted by molar-refractivity contribution is 5.79. The van der Waals surface area contributed by atoms with Gasteiger partial charge in [-0.25, -0.2) is 4.98 Å². The van der Waals surface area contributed by atoms with Crippen LogP contribution in [-0.4, -0.2) is 33.2 Å². The molecule has 1 heterocycles. The first kappa shape index (κ1) is 14.1. The number of rotatable bonds is 3. The number of fused-ring (bicyclic) bond motifs is 1.